The lowest BCUT2D eigenvalue weighted by Gasteiger charge is -2.17. The fourth-order valence-electron chi connectivity index (χ4n) is 3.56. The second-order valence-electron chi connectivity index (χ2n) is 7.19. The van der Waals surface area contributed by atoms with Gasteiger partial charge in [-0.2, -0.15) is 0 Å². The topological polar surface area (TPSA) is 72.3 Å². The molecule has 8 heteroatoms. The molecular weight excluding hydrogens is 398 g/mol. The van der Waals surface area contributed by atoms with Crippen LogP contribution in [0.1, 0.15) is 12.2 Å². The third-order valence-corrected chi connectivity index (χ3v) is 6.05. The monoisotopic (exact) mass is 423 g/mol. The first-order valence-corrected chi connectivity index (χ1v) is 10.9. The average Bonchev–Trinajstić information content (AvgIpc) is 3.39. The van der Waals surface area contributed by atoms with E-state index >= 15 is 0 Å². The number of methoxy groups -OCH3 is 1. The molecule has 156 valence electrons. The van der Waals surface area contributed by atoms with Gasteiger partial charge in [0.05, 0.1) is 12.9 Å². The van der Waals surface area contributed by atoms with Gasteiger partial charge in [0.25, 0.3) is 0 Å². The molecule has 0 bridgehead atoms. The lowest BCUT2D eigenvalue weighted by Crippen LogP contribution is -2.32. The highest BCUT2D eigenvalue weighted by atomic mass is 32.2. The molecule has 1 saturated heterocycles. The zero-order valence-electron chi connectivity index (χ0n) is 17.1. The first kappa shape index (κ1) is 20.3. The molecule has 1 N–H and O–H groups in total. The Kier molecular flexibility index (Phi) is 6.23. The fraction of sp³-hybridized carbons (Fsp3) is 0.318. The van der Waals surface area contributed by atoms with Crippen LogP contribution in [-0.2, 0) is 4.79 Å². The number of ether oxygens (including phenoxy) is 1. The van der Waals surface area contributed by atoms with E-state index in [-0.39, 0.29) is 11.9 Å². The standard InChI is InChI=1S/C22H25N5O2S/c1-16-24-25-22(27(16)19-8-10-20(29-2)11-9-19)30-15-21(28)26-13-12-18(14-26)23-17-6-4-3-5-7-17/h3-11,18,23H,12-15H2,1-2H3. The van der Waals surface area contributed by atoms with E-state index in [1.54, 1.807) is 7.11 Å². The van der Waals surface area contributed by atoms with Gasteiger partial charge in [0.2, 0.25) is 5.91 Å². The van der Waals surface area contributed by atoms with Gasteiger partial charge in [-0.3, -0.25) is 9.36 Å². The largest absolute Gasteiger partial charge is 0.497 e. The molecule has 2 heterocycles. The highest BCUT2D eigenvalue weighted by molar-refractivity contribution is 7.99. The predicted molar refractivity (Wildman–Crippen MR) is 118 cm³/mol. The smallest absolute Gasteiger partial charge is 0.233 e. The molecule has 1 aromatic heterocycles. The SMILES string of the molecule is COc1ccc(-n2c(C)nnc2SCC(=O)N2CCC(Nc3ccccc3)C2)cc1. The molecule has 1 atom stereocenters. The molecule has 7 nitrogen and oxygen atoms in total. The number of carbonyl (C=O) groups excluding carboxylic acids is 1. The summed E-state index contributed by atoms with van der Waals surface area (Å²) in [5.74, 6) is 2.04. The van der Waals surface area contributed by atoms with Crippen LogP contribution in [0.3, 0.4) is 0 Å². The number of para-hydroxylation sites is 1. The summed E-state index contributed by atoms with van der Waals surface area (Å²) in [6.07, 6.45) is 0.951. The molecule has 0 saturated carbocycles. The first-order valence-electron chi connectivity index (χ1n) is 9.92. The van der Waals surface area contributed by atoms with Crippen LogP contribution in [0.5, 0.6) is 5.75 Å². The van der Waals surface area contributed by atoms with Gasteiger partial charge in [-0.1, -0.05) is 30.0 Å². The van der Waals surface area contributed by atoms with Crippen molar-refractivity contribution in [3.63, 3.8) is 0 Å². The number of rotatable bonds is 7. The fourth-order valence-corrected chi connectivity index (χ4v) is 4.46. The van der Waals surface area contributed by atoms with E-state index in [1.165, 1.54) is 11.8 Å². The van der Waals surface area contributed by atoms with Crippen molar-refractivity contribution in [2.24, 2.45) is 0 Å². The number of hydrogen-bond acceptors (Lipinski definition) is 6. The quantitative estimate of drug-likeness (QED) is 0.588. The van der Waals surface area contributed by atoms with Crippen LogP contribution >= 0.6 is 11.8 Å². The van der Waals surface area contributed by atoms with E-state index < -0.39 is 0 Å². The van der Waals surface area contributed by atoms with Crippen LogP contribution in [-0.4, -0.2) is 57.6 Å². The van der Waals surface area contributed by atoms with Crippen molar-refractivity contribution in [2.75, 3.05) is 31.3 Å². The van der Waals surface area contributed by atoms with Crippen LogP contribution in [0.25, 0.3) is 5.69 Å². The number of thioether (sulfide) groups is 1. The van der Waals surface area contributed by atoms with Gasteiger partial charge in [0.15, 0.2) is 5.16 Å². The van der Waals surface area contributed by atoms with Gasteiger partial charge in [0, 0.05) is 30.5 Å². The minimum atomic E-state index is 0.124. The number of nitrogens with zero attached hydrogens (tertiary/aromatic N) is 4. The Hall–Kier alpha value is -3.00. The number of hydrogen-bond donors (Lipinski definition) is 1. The first-order chi connectivity index (χ1) is 14.6. The Morgan fingerprint density at radius 1 is 1.17 bits per heavy atom. The Labute approximate surface area is 180 Å². The minimum absolute atomic E-state index is 0.124. The molecule has 4 rings (SSSR count). The molecule has 3 aromatic rings. The van der Waals surface area contributed by atoms with E-state index in [1.807, 2.05) is 58.9 Å². The number of likely N-dealkylation sites (tertiary alicyclic amines) is 1. The van der Waals surface area contributed by atoms with Crippen LogP contribution in [0.2, 0.25) is 0 Å². The van der Waals surface area contributed by atoms with Gasteiger partial charge in [-0.15, -0.1) is 10.2 Å². The maximum Gasteiger partial charge on any atom is 0.233 e. The molecule has 30 heavy (non-hydrogen) atoms. The van der Waals surface area contributed by atoms with Gasteiger partial charge in [0.1, 0.15) is 11.6 Å². The maximum atomic E-state index is 12.8. The summed E-state index contributed by atoms with van der Waals surface area (Å²) in [6.45, 7) is 3.40. The maximum absolute atomic E-state index is 12.8. The van der Waals surface area contributed by atoms with E-state index in [2.05, 4.69) is 27.6 Å². The molecule has 1 aliphatic rings. The number of benzene rings is 2. The lowest BCUT2D eigenvalue weighted by atomic mass is 10.2. The molecule has 0 radical (unpaired) electrons. The minimum Gasteiger partial charge on any atom is -0.497 e. The third-order valence-electron chi connectivity index (χ3n) is 5.14. The van der Waals surface area contributed by atoms with Gasteiger partial charge >= 0.3 is 0 Å². The highest BCUT2D eigenvalue weighted by Gasteiger charge is 2.26. The molecule has 0 spiro atoms. The van der Waals surface area contributed by atoms with Gasteiger partial charge in [-0.25, -0.2) is 0 Å². The molecule has 1 unspecified atom stereocenters. The molecular formula is C22H25N5O2S. The molecule has 2 aromatic carbocycles. The van der Waals surface area contributed by atoms with E-state index in [0.717, 1.165) is 42.5 Å². The zero-order valence-corrected chi connectivity index (χ0v) is 17.9. The Morgan fingerprint density at radius 2 is 1.93 bits per heavy atom. The highest BCUT2D eigenvalue weighted by Crippen LogP contribution is 2.24. The average molecular weight is 424 g/mol. The van der Waals surface area contributed by atoms with Crippen LogP contribution in [0, 0.1) is 6.92 Å². The predicted octanol–water partition coefficient (Wildman–Crippen LogP) is 3.39. The number of aromatic nitrogens is 3. The zero-order chi connectivity index (χ0) is 20.9. The summed E-state index contributed by atoms with van der Waals surface area (Å²) in [6, 6.07) is 18.1. The summed E-state index contributed by atoms with van der Waals surface area (Å²) in [4.78, 5) is 14.7. The van der Waals surface area contributed by atoms with Crippen molar-refractivity contribution in [1.82, 2.24) is 19.7 Å². The molecule has 0 aliphatic carbocycles. The molecule has 1 aliphatic heterocycles. The normalized spacial score (nSPS) is 15.9. The number of aryl methyl sites for hydroxylation is 1. The summed E-state index contributed by atoms with van der Waals surface area (Å²) in [5, 5.41) is 12.7. The van der Waals surface area contributed by atoms with Crippen LogP contribution in [0.15, 0.2) is 59.8 Å². The van der Waals surface area contributed by atoms with E-state index in [4.69, 9.17) is 4.74 Å². The number of amides is 1. The van der Waals surface area contributed by atoms with Crippen molar-refractivity contribution in [3.05, 3.63) is 60.4 Å². The summed E-state index contributed by atoms with van der Waals surface area (Å²) >= 11 is 1.42. The number of carbonyl (C=O) groups is 1. The number of nitrogens with one attached hydrogen (secondary N) is 1. The second-order valence-corrected chi connectivity index (χ2v) is 8.13. The molecule has 1 amide bonds. The van der Waals surface area contributed by atoms with Crippen molar-refractivity contribution in [1.29, 1.82) is 0 Å². The van der Waals surface area contributed by atoms with E-state index in [9.17, 15) is 4.79 Å². The third kappa shape index (κ3) is 4.59. The van der Waals surface area contributed by atoms with E-state index in [0.29, 0.717) is 10.9 Å². The van der Waals surface area contributed by atoms with Crippen molar-refractivity contribution >= 4 is 23.4 Å². The summed E-state index contributed by atoms with van der Waals surface area (Å²) in [5.41, 5.74) is 2.04. The Bertz CT molecular complexity index is 991. The molecule has 1 fully saturated rings. The van der Waals surface area contributed by atoms with Gasteiger partial charge < -0.3 is 15.0 Å². The Morgan fingerprint density at radius 3 is 2.67 bits per heavy atom. The Balaban J connectivity index is 1.35. The van der Waals surface area contributed by atoms with Gasteiger partial charge in [-0.05, 0) is 49.7 Å². The summed E-state index contributed by atoms with van der Waals surface area (Å²) in [7, 11) is 1.64. The number of anilines is 1. The van der Waals surface area contributed by atoms with Crippen molar-refractivity contribution in [3.8, 4) is 11.4 Å². The van der Waals surface area contributed by atoms with Crippen LogP contribution in [0.4, 0.5) is 5.69 Å². The van der Waals surface area contributed by atoms with Crippen molar-refractivity contribution < 1.29 is 9.53 Å². The second kappa shape index (κ2) is 9.21. The van der Waals surface area contributed by atoms with Crippen LogP contribution < -0.4 is 10.1 Å². The lowest BCUT2D eigenvalue weighted by molar-refractivity contribution is -0.127. The summed E-state index contributed by atoms with van der Waals surface area (Å²) < 4.78 is 7.19. The van der Waals surface area contributed by atoms with Crippen molar-refractivity contribution in [2.45, 2.75) is 24.5 Å².